The maximum absolute atomic E-state index is 11.6. The number of benzene rings is 2. The number of carbonyl (C=O) groups is 2. The molecule has 102 valence electrons. The van der Waals surface area contributed by atoms with Crippen LogP contribution in [0.3, 0.4) is 0 Å². The van der Waals surface area contributed by atoms with E-state index in [0.717, 1.165) is 5.56 Å². The Balaban J connectivity index is 2.64. The lowest BCUT2D eigenvalue weighted by atomic mass is 9.85. The first-order valence-electron chi connectivity index (χ1n) is 6.29. The Morgan fingerprint density at radius 2 is 1.35 bits per heavy atom. The number of hydrogen-bond donors (Lipinski definition) is 2. The van der Waals surface area contributed by atoms with Crippen molar-refractivity contribution in [1.82, 2.24) is 0 Å². The van der Waals surface area contributed by atoms with Crippen LogP contribution >= 0.6 is 0 Å². The van der Waals surface area contributed by atoms with Crippen LogP contribution in [0.1, 0.15) is 44.7 Å². The number of hydrogen-bond acceptors (Lipinski definition) is 2. The molecule has 0 heterocycles. The van der Waals surface area contributed by atoms with E-state index in [2.05, 4.69) is 0 Å². The van der Waals surface area contributed by atoms with Crippen molar-refractivity contribution in [2.24, 2.45) is 11.5 Å². The third-order valence-electron chi connectivity index (χ3n) is 3.37. The van der Waals surface area contributed by atoms with Crippen molar-refractivity contribution in [3.05, 3.63) is 70.8 Å². The van der Waals surface area contributed by atoms with E-state index in [4.69, 9.17) is 11.5 Å². The minimum absolute atomic E-state index is 0.151. The highest BCUT2D eigenvalue weighted by Gasteiger charge is 2.21. The van der Waals surface area contributed by atoms with E-state index in [1.165, 1.54) is 0 Å². The summed E-state index contributed by atoms with van der Waals surface area (Å²) in [6.07, 6.45) is 0. The fraction of sp³-hybridized carbons (Fsp3) is 0.125. The number of rotatable bonds is 4. The number of primary amides is 2. The molecule has 0 aliphatic rings. The Morgan fingerprint density at radius 3 is 1.80 bits per heavy atom. The molecule has 0 unspecified atom stereocenters. The second-order valence-electron chi connectivity index (χ2n) is 4.63. The zero-order valence-electron chi connectivity index (χ0n) is 11.2. The minimum Gasteiger partial charge on any atom is -0.366 e. The van der Waals surface area contributed by atoms with E-state index in [1.807, 2.05) is 37.3 Å². The summed E-state index contributed by atoms with van der Waals surface area (Å²) in [5.74, 6) is -1.28. The molecule has 4 heteroatoms. The maximum atomic E-state index is 11.6. The van der Waals surface area contributed by atoms with Gasteiger partial charge in [0.2, 0.25) is 11.8 Å². The highest BCUT2D eigenvalue weighted by molar-refractivity contribution is 6.01. The van der Waals surface area contributed by atoms with Gasteiger partial charge in [-0.1, -0.05) is 43.3 Å². The monoisotopic (exact) mass is 268 g/mol. The van der Waals surface area contributed by atoms with Crippen molar-refractivity contribution < 1.29 is 9.59 Å². The van der Waals surface area contributed by atoms with Gasteiger partial charge < -0.3 is 11.5 Å². The molecule has 4 N–H and O–H groups in total. The molecular formula is C16H16N2O2. The molecule has 0 aromatic heterocycles. The van der Waals surface area contributed by atoms with Gasteiger partial charge in [-0.3, -0.25) is 9.59 Å². The predicted octanol–water partition coefficient (Wildman–Crippen LogP) is 2.04. The molecule has 0 aliphatic carbocycles. The number of nitrogens with two attached hydrogens (primary N) is 2. The predicted molar refractivity (Wildman–Crippen MR) is 77.4 cm³/mol. The molecule has 2 aromatic carbocycles. The summed E-state index contributed by atoms with van der Waals surface area (Å²) in [7, 11) is 0. The highest BCUT2D eigenvalue weighted by Crippen LogP contribution is 2.29. The molecule has 2 rings (SSSR count). The average molecular weight is 268 g/mol. The van der Waals surface area contributed by atoms with Crippen LogP contribution in [0.2, 0.25) is 0 Å². The summed E-state index contributed by atoms with van der Waals surface area (Å²) >= 11 is 0. The normalized spacial score (nSPS) is 11.8. The van der Waals surface area contributed by atoms with Gasteiger partial charge in [-0.05, 0) is 23.3 Å². The molecule has 0 spiro atoms. The Morgan fingerprint density at radius 1 is 0.850 bits per heavy atom. The van der Waals surface area contributed by atoms with Crippen LogP contribution in [0.15, 0.2) is 48.5 Å². The Labute approximate surface area is 117 Å². The van der Waals surface area contributed by atoms with Crippen molar-refractivity contribution >= 4 is 11.8 Å². The quantitative estimate of drug-likeness (QED) is 0.889. The summed E-state index contributed by atoms with van der Waals surface area (Å²) in [5.41, 5.74) is 13.1. The Kier molecular flexibility index (Phi) is 3.84. The van der Waals surface area contributed by atoms with Gasteiger partial charge in [-0.25, -0.2) is 0 Å². The molecule has 4 nitrogen and oxygen atoms in total. The van der Waals surface area contributed by atoms with Gasteiger partial charge in [0.05, 0.1) is 0 Å². The van der Waals surface area contributed by atoms with Crippen LogP contribution in [0.25, 0.3) is 0 Å². The summed E-state index contributed by atoms with van der Waals surface area (Å²) in [5, 5.41) is 0. The van der Waals surface area contributed by atoms with Gasteiger partial charge in [0, 0.05) is 17.0 Å². The van der Waals surface area contributed by atoms with Gasteiger partial charge >= 0.3 is 0 Å². The van der Waals surface area contributed by atoms with E-state index in [9.17, 15) is 9.59 Å². The average Bonchev–Trinajstić information content (AvgIpc) is 2.46. The number of carbonyl (C=O) groups excluding carboxylic acids is 2. The largest absolute Gasteiger partial charge is 0.366 e. The highest BCUT2D eigenvalue weighted by atomic mass is 16.1. The van der Waals surface area contributed by atoms with Gasteiger partial charge in [0.25, 0.3) is 0 Å². The van der Waals surface area contributed by atoms with Crippen molar-refractivity contribution in [1.29, 1.82) is 0 Å². The zero-order chi connectivity index (χ0) is 14.7. The maximum Gasteiger partial charge on any atom is 0.249 e. The van der Waals surface area contributed by atoms with Crippen molar-refractivity contribution in [3.8, 4) is 0 Å². The summed E-state index contributed by atoms with van der Waals surface area (Å²) in [6.45, 7) is 1.92. The Bertz CT molecular complexity index is 619. The molecule has 0 aliphatic heterocycles. The third kappa shape index (κ3) is 2.54. The molecule has 1 atom stereocenters. The first kappa shape index (κ1) is 13.8. The van der Waals surface area contributed by atoms with Gasteiger partial charge in [0.15, 0.2) is 0 Å². The zero-order valence-corrected chi connectivity index (χ0v) is 11.2. The van der Waals surface area contributed by atoms with Crippen molar-refractivity contribution in [3.63, 3.8) is 0 Å². The van der Waals surface area contributed by atoms with E-state index in [-0.39, 0.29) is 5.92 Å². The summed E-state index contributed by atoms with van der Waals surface area (Å²) in [4.78, 5) is 23.2. The van der Waals surface area contributed by atoms with Gasteiger partial charge in [0.1, 0.15) is 0 Å². The van der Waals surface area contributed by atoms with E-state index in [1.54, 1.807) is 18.2 Å². The van der Waals surface area contributed by atoms with E-state index >= 15 is 0 Å². The molecule has 0 saturated carbocycles. The van der Waals surface area contributed by atoms with Crippen molar-refractivity contribution in [2.75, 3.05) is 0 Å². The second-order valence-corrected chi connectivity index (χ2v) is 4.63. The van der Waals surface area contributed by atoms with Gasteiger partial charge in [-0.2, -0.15) is 0 Å². The molecule has 20 heavy (non-hydrogen) atoms. The lowest BCUT2D eigenvalue weighted by molar-refractivity contribution is 0.0999. The molecule has 2 aromatic rings. The summed E-state index contributed by atoms with van der Waals surface area (Å²) in [6, 6.07) is 14.4. The molecular weight excluding hydrogens is 252 g/mol. The topological polar surface area (TPSA) is 86.2 Å². The SMILES string of the molecule is C[C@@H](c1ccccc1)c1c(C(N)=O)cccc1C(N)=O. The van der Waals surface area contributed by atoms with E-state index in [0.29, 0.717) is 16.7 Å². The molecule has 0 radical (unpaired) electrons. The van der Waals surface area contributed by atoms with Crippen LogP contribution < -0.4 is 11.5 Å². The third-order valence-corrected chi connectivity index (χ3v) is 3.37. The lowest BCUT2D eigenvalue weighted by Gasteiger charge is -2.18. The second kappa shape index (κ2) is 5.57. The summed E-state index contributed by atoms with van der Waals surface area (Å²) < 4.78 is 0. The molecule has 2 amide bonds. The minimum atomic E-state index is -0.564. The fourth-order valence-electron chi connectivity index (χ4n) is 2.37. The van der Waals surface area contributed by atoms with Gasteiger partial charge in [-0.15, -0.1) is 0 Å². The van der Waals surface area contributed by atoms with Crippen LogP contribution in [-0.4, -0.2) is 11.8 Å². The molecule has 0 saturated heterocycles. The van der Waals surface area contributed by atoms with Crippen LogP contribution in [0.5, 0.6) is 0 Å². The Hall–Kier alpha value is -2.62. The standard InChI is InChI=1S/C16H16N2O2/c1-10(11-6-3-2-4-7-11)14-12(15(17)19)8-5-9-13(14)16(18)20/h2-10H,1H3,(H2,17,19)(H2,18,20)/t10-/m0/s1. The van der Waals surface area contributed by atoms with Crippen LogP contribution in [0, 0.1) is 0 Å². The van der Waals surface area contributed by atoms with Crippen LogP contribution in [0.4, 0.5) is 0 Å². The molecule has 0 fully saturated rings. The smallest absolute Gasteiger partial charge is 0.249 e. The van der Waals surface area contributed by atoms with E-state index < -0.39 is 11.8 Å². The first-order chi connectivity index (χ1) is 9.52. The molecule has 0 bridgehead atoms. The number of amides is 2. The fourth-order valence-corrected chi connectivity index (χ4v) is 2.37. The van der Waals surface area contributed by atoms with Crippen molar-refractivity contribution in [2.45, 2.75) is 12.8 Å². The lowest BCUT2D eigenvalue weighted by Crippen LogP contribution is -2.21. The first-order valence-corrected chi connectivity index (χ1v) is 6.29. The van der Waals surface area contributed by atoms with Crippen LogP contribution in [-0.2, 0) is 0 Å².